The monoisotopic (exact) mass is 341 g/mol. The van der Waals surface area contributed by atoms with Gasteiger partial charge in [-0.3, -0.25) is 9.48 Å². The summed E-state index contributed by atoms with van der Waals surface area (Å²) in [6.45, 7) is 7.05. The molecule has 1 aromatic heterocycles. The number of hydrogen-bond acceptors (Lipinski definition) is 4. The third-order valence-corrected chi connectivity index (χ3v) is 4.10. The molecular formula is C19H23N3O3. The van der Waals surface area contributed by atoms with Crippen LogP contribution in [0.3, 0.4) is 0 Å². The topological polar surface area (TPSA) is 64.4 Å². The van der Waals surface area contributed by atoms with Crippen LogP contribution < -0.4 is 0 Å². The summed E-state index contributed by atoms with van der Waals surface area (Å²) in [4.78, 5) is 25.4. The van der Waals surface area contributed by atoms with Gasteiger partial charge in [-0.25, -0.2) is 4.79 Å². The molecule has 1 aromatic carbocycles. The predicted molar refractivity (Wildman–Crippen MR) is 93.5 cm³/mol. The summed E-state index contributed by atoms with van der Waals surface area (Å²) >= 11 is 0. The van der Waals surface area contributed by atoms with E-state index >= 15 is 0 Å². The third-order valence-electron chi connectivity index (χ3n) is 4.10. The first-order valence-electron chi connectivity index (χ1n) is 8.43. The number of fused-ring (bicyclic) bond motifs is 1. The average molecular weight is 341 g/mol. The first-order chi connectivity index (χ1) is 11.9. The van der Waals surface area contributed by atoms with Crippen molar-refractivity contribution in [1.29, 1.82) is 0 Å². The van der Waals surface area contributed by atoms with E-state index in [1.807, 2.05) is 55.8 Å². The Morgan fingerprint density at radius 3 is 2.64 bits per heavy atom. The molecule has 0 bridgehead atoms. The largest absolute Gasteiger partial charge is 0.444 e. The molecule has 0 atom stereocenters. The molecule has 6 heteroatoms. The Bertz CT molecular complexity index is 775. The second-order valence-corrected chi connectivity index (χ2v) is 7.22. The average Bonchev–Trinajstić information content (AvgIpc) is 2.91. The fourth-order valence-corrected chi connectivity index (χ4v) is 2.98. The second kappa shape index (κ2) is 6.70. The lowest BCUT2D eigenvalue weighted by atomic mass is 10.1. The molecule has 1 amide bonds. The van der Waals surface area contributed by atoms with Crippen molar-refractivity contribution in [1.82, 2.24) is 14.7 Å². The molecule has 2 aromatic rings. The Morgan fingerprint density at radius 1 is 1.28 bits per heavy atom. The number of ether oxygens (including phenoxy) is 1. The number of carbonyl (C=O) groups is 2. The van der Waals surface area contributed by atoms with Crippen LogP contribution in [0.2, 0.25) is 0 Å². The summed E-state index contributed by atoms with van der Waals surface area (Å²) in [7, 11) is 0. The van der Waals surface area contributed by atoms with Gasteiger partial charge in [-0.05, 0) is 26.3 Å². The summed E-state index contributed by atoms with van der Waals surface area (Å²) in [5.74, 6) is 0. The molecule has 1 aliphatic rings. The van der Waals surface area contributed by atoms with Gasteiger partial charge in [0.1, 0.15) is 11.3 Å². The number of rotatable bonds is 3. The lowest BCUT2D eigenvalue weighted by Gasteiger charge is -2.30. The zero-order valence-electron chi connectivity index (χ0n) is 14.9. The summed E-state index contributed by atoms with van der Waals surface area (Å²) in [6.07, 6.45) is 1.06. The van der Waals surface area contributed by atoms with Gasteiger partial charge < -0.3 is 9.64 Å². The maximum atomic E-state index is 12.3. The molecule has 0 unspecified atom stereocenters. The molecule has 0 aliphatic carbocycles. The number of benzene rings is 1. The number of hydrogen-bond donors (Lipinski definition) is 0. The third kappa shape index (κ3) is 3.90. The van der Waals surface area contributed by atoms with E-state index in [0.29, 0.717) is 31.7 Å². The molecule has 0 fully saturated rings. The minimum atomic E-state index is -0.539. The number of amides is 1. The van der Waals surface area contributed by atoms with E-state index in [0.717, 1.165) is 23.1 Å². The molecule has 25 heavy (non-hydrogen) atoms. The highest BCUT2D eigenvalue weighted by Gasteiger charge is 2.30. The first kappa shape index (κ1) is 17.2. The van der Waals surface area contributed by atoms with Gasteiger partial charge in [0.25, 0.3) is 0 Å². The fourth-order valence-electron chi connectivity index (χ4n) is 2.98. The highest BCUT2D eigenvalue weighted by molar-refractivity contribution is 5.76. The van der Waals surface area contributed by atoms with Crippen molar-refractivity contribution in [2.24, 2.45) is 0 Å². The van der Waals surface area contributed by atoms with Crippen molar-refractivity contribution in [3.8, 4) is 0 Å². The van der Waals surface area contributed by atoms with Crippen LogP contribution in [0.5, 0.6) is 0 Å². The molecule has 0 saturated heterocycles. The number of aldehydes is 1. The summed E-state index contributed by atoms with van der Waals surface area (Å²) in [6, 6.07) is 10.00. The van der Waals surface area contributed by atoms with Gasteiger partial charge in [-0.15, -0.1) is 0 Å². The fraction of sp³-hybridized carbons (Fsp3) is 0.421. The van der Waals surface area contributed by atoms with Crippen molar-refractivity contribution in [3.05, 3.63) is 52.8 Å². The smallest absolute Gasteiger partial charge is 0.410 e. The van der Waals surface area contributed by atoms with Gasteiger partial charge in [0.15, 0.2) is 6.29 Å². The van der Waals surface area contributed by atoms with Crippen LogP contribution in [0.1, 0.15) is 48.1 Å². The quantitative estimate of drug-likeness (QED) is 0.805. The predicted octanol–water partition coefficient (Wildman–Crippen LogP) is 3.04. The normalized spacial score (nSPS) is 14.1. The van der Waals surface area contributed by atoms with E-state index in [9.17, 15) is 9.59 Å². The molecule has 0 spiro atoms. The lowest BCUT2D eigenvalue weighted by Crippen LogP contribution is -2.40. The highest BCUT2D eigenvalue weighted by atomic mass is 16.6. The Hall–Kier alpha value is -2.63. The highest BCUT2D eigenvalue weighted by Crippen LogP contribution is 2.24. The maximum absolute atomic E-state index is 12.3. The minimum absolute atomic E-state index is 0.354. The minimum Gasteiger partial charge on any atom is -0.444 e. The standard InChI is InChI=1S/C19H23N3O3/c1-19(2,3)25-18(24)21-10-9-17-15(12-21)16(13-23)20-22(17)11-14-7-5-4-6-8-14/h4-8,13H,9-12H2,1-3H3. The SMILES string of the molecule is CC(C)(C)OC(=O)N1CCc2c(c(C=O)nn2Cc2ccccc2)C1. The van der Waals surface area contributed by atoms with Crippen molar-refractivity contribution >= 4 is 12.4 Å². The molecule has 0 radical (unpaired) electrons. The van der Waals surface area contributed by atoms with Crippen LogP contribution in [0.15, 0.2) is 30.3 Å². The van der Waals surface area contributed by atoms with Crippen LogP contribution in [0, 0.1) is 0 Å². The molecule has 1 aliphatic heterocycles. The summed E-state index contributed by atoms with van der Waals surface area (Å²) < 4.78 is 7.32. The van der Waals surface area contributed by atoms with Crippen molar-refractivity contribution in [2.45, 2.75) is 45.9 Å². The van der Waals surface area contributed by atoms with E-state index < -0.39 is 5.60 Å². The van der Waals surface area contributed by atoms with Gasteiger partial charge in [0.2, 0.25) is 0 Å². The van der Waals surface area contributed by atoms with Crippen molar-refractivity contribution < 1.29 is 14.3 Å². The maximum Gasteiger partial charge on any atom is 0.410 e. The van der Waals surface area contributed by atoms with Crippen molar-refractivity contribution in [3.63, 3.8) is 0 Å². The van der Waals surface area contributed by atoms with Gasteiger partial charge in [0.05, 0.1) is 13.1 Å². The Morgan fingerprint density at radius 2 is 2.00 bits per heavy atom. The van der Waals surface area contributed by atoms with Crippen LogP contribution in [0.4, 0.5) is 4.79 Å². The van der Waals surface area contributed by atoms with Gasteiger partial charge in [-0.1, -0.05) is 30.3 Å². The Balaban J connectivity index is 1.83. The van der Waals surface area contributed by atoms with E-state index in [-0.39, 0.29) is 6.09 Å². The van der Waals surface area contributed by atoms with Crippen molar-refractivity contribution in [2.75, 3.05) is 6.54 Å². The molecule has 0 N–H and O–H groups in total. The summed E-state index contributed by atoms with van der Waals surface area (Å²) in [5.41, 5.74) is 2.83. The van der Waals surface area contributed by atoms with Crippen LogP contribution in [0.25, 0.3) is 0 Å². The van der Waals surface area contributed by atoms with Gasteiger partial charge in [0, 0.05) is 24.2 Å². The molecule has 2 heterocycles. The van der Waals surface area contributed by atoms with Crippen LogP contribution in [-0.2, 0) is 24.2 Å². The molecule has 3 rings (SSSR count). The zero-order valence-corrected chi connectivity index (χ0v) is 14.9. The van der Waals surface area contributed by atoms with E-state index in [2.05, 4.69) is 5.10 Å². The van der Waals surface area contributed by atoms with Gasteiger partial charge >= 0.3 is 6.09 Å². The first-order valence-corrected chi connectivity index (χ1v) is 8.43. The number of carbonyl (C=O) groups excluding carboxylic acids is 2. The second-order valence-electron chi connectivity index (χ2n) is 7.22. The molecular weight excluding hydrogens is 318 g/mol. The molecule has 132 valence electrons. The van der Waals surface area contributed by atoms with E-state index in [1.165, 1.54) is 0 Å². The van der Waals surface area contributed by atoms with Gasteiger partial charge in [-0.2, -0.15) is 5.10 Å². The zero-order chi connectivity index (χ0) is 18.0. The lowest BCUT2D eigenvalue weighted by molar-refractivity contribution is 0.0222. The number of nitrogens with zero attached hydrogens (tertiary/aromatic N) is 3. The molecule has 6 nitrogen and oxygen atoms in total. The Kier molecular flexibility index (Phi) is 4.61. The van der Waals surface area contributed by atoms with E-state index in [1.54, 1.807) is 4.90 Å². The van der Waals surface area contributed by atoms with Crippen LogP contribution in [-0.4, -0.2) is 39.2 Å². The molecule has 0 saturated carbocycles. The Labute approximate surface area is 147 Å². The van der Waals surface area contributed by atoms with E-state index in [4.69, 9.17) is 4.74 Å². The summed E-state index contributed by atoms with van der Waals surface area (Å²) in [5, 5.41) is 4.44. The number of aromatic nitrogens is 2. The van der Waals surface area contributed by atoms with Crippen LogP contribution >= 0.6 is 0 Å².